The molecular weight excluding hydrogens is 338 g/mol. The molecule has 3 N–H and O–H groups in total. The maximum absolute atomic E-state index is 11.9. The van der Waals surface area contributed by atoms with Crippen LogP contribution in [0.1, 0.15) is 30.9 Å². The number of nitrogens with one attached hydrogen (secondary N) is 3. The van der Waals surface area contributed by atoms with Crippen molar-refractivity contribution < 1.29 is 23.9 Å². The van der Waals surface area contributed by atoms with Crippen LogP contribution in [0.5, 0.6) is 0 Å². The molecule has 1 aromatic rings. The number of benzene rings is 1. The van der Waals surface area contributed by atoms with Gasteiger partial charge >= 0.3 is 5.97 Å². The molecule has 0 radical (unpaired) electrons. The number of ether oxygens (including phenoxy) is 1. The lowest BCUT2D eigenvalue weighted by molar-refractivity contribution is -0.137. The predicted octanol–water partition coefficient (Wildman–Crippen LogP) is 1.29. The van der Waals surface area contributed by atoms with Gasteiger partial charge in [0.25, 0.3) is 5.91 Å². The number of aryl methyl sites for hydroxylation is 2. The normalized spacial score (nSPS) is 10.3. The molecule has 8 nitrogen and oxygen atoms in total. The van der Waals surface area contributed by atoms with E-state index in [1.165, 1.54) is 0 Å². The van der Waals surface area contributed by atoms with Gasteiger partial charge in [0.1, 0.15) is 0 Å². The van der Waals surface area contributed by atoms with E-state index in [0.29, 0.717) is 5.69 Å². The minimum absolute atomic E-state index is 0.0340. The zero-order chi connectivity index (χ0) is 19.5. The maximum atomic E-state index is 11.9. The standard InChI is InChI=1S/C18H23N3O5/c1-4-26-18(25)10-9-17(24)21-20-16(23)8-7-15(22)19-14-6-5-12(2)11-13(14)3/h5-6,9-11H,4,7-8H2,1-3H3,(H,19,22)(H,20,23)(H,21,24). The zero-order valence-electron chi connectivity index (χ0n) is 15.0. The van der Waals surface area contributed by atoms with Crippen molar-refractivity contribution in [3.05, 3.63) is 41.5 Å². The van der Waals surface area contributed by atoms with Gasteiger partial charge in [0, 0.05) is 30.7 Å². The highest BCUT2D eigenvalue weighted by Crippen LogP contribution is 2.16. The van der Waals surface area contributed by atoms with Gasteiger partial charge < -0.3 is 10.1 Å². The number of anilines is 1. The van der Waals surface area contributed by atoms with E-state index in [1.54, 1.807) is 13.0 Å². The highest BCUT2D eigenvalue weighted by molar-refractivity contribution is 5.96. The molecule has 0 spiro atoms. The minimum Gasteiger partial charge on any atom is -0.463 e. The summed E-state index contributed by atoms with van der Waals surface area (Å²) in [5.74, 6) is -2.18. The van der Waals surface area contributed by atoms with Crippen LogP contribution in [0.15, 0.2) is 30.4 Å². The second-order valence-corrected chi connectivity index (χ2v) is 5.49. The van der Waals surface area contributed by atoms with Gasteiger partial charge in [0.15, 0.2) is 0 Å². The second-order valence-electron chi connectivity index (χ2n) is 5.49. The van der Waals surface area contributed by atoms with E-state index in [1.807, 2.05) is 26.0 Å². The lowest BCUT2D eigenvalue weighted by atomic mass is 10.1. The first-order valence-corrected chi connectivity index (χ1v) is 8.12. The molecule has 1 rings (SSSR count). The highest BCUT2D eigenvalue weighted by Gasteiger charge is 2.09. The summed E-state index contributed by atoms with van der Waals surface area (Å²) in [6.07, 6.45) is 1.75. The third-order valence-corrected chi connectivity index (χ3v) is 3.22. The number of carbonyl (C=O) groups excluding carboxylic acids is 4. The quantitative estimate of drug-likeness (QED) is 0.385. The van der Waals surface area contributed by atoms with E-state index in [9.17, 15) is 19.2 Å². The molecule has 0 fully saturated rings. The summed E-state index contributed by atoms with van der Waals surface area (Å²) < 4.78 is 4.61. The monoisotopic (exact) mass is 361 g/mol. The van der Waals surface area contributed by atoms with Crippen LogP contribution in [0, 0.1) is 13.8 Å². The third-order valence-electron chi connectivity index (χ3n) is 3.22. The zero-order valence-corrected chi connectivity index (χ0v) is 15.0. The van der Waals surface area contributed by atoms with Crippen molar-refractivity contribution in [2.75, 3.05) is 11.9 Å². The summed E-state index contributed by atoms with van der Waals surface area (Å²) in [7, 11) is 0. The first kappa shape index (κ1) is 20.9. The smallest absolute Gasteiger partial charge is 0.330 e. The van der Waals surface area contributed by atoms with Crippen LogP contribution in [-0.4, -0.2) is 30.3 Å². The Labute approximate surface area is 152 Å². The van der Waals surface area contributed by atoms with Crippen molar-refractivity contribution in [2.24, 2.45) is 0 Å². The van der Waals surface area contributed by atoms with E-state index < -0.39 is 17.8 Å². The fourth-order valence-corrected chi connectivity index (χ4v) is 1.96. The molecular formula is C18H23N3O5. The molecule has 0 aromatic heterocycles. The van der Waals surface area contributed by atoms with Crippen LogP contribution in [-0.2, 0) is 23.9 Å². The van der Waals surface area contributed by atoms with Gasteiger partial charge in [0.05, 0.1) is 6.61 Å². The van der Waals surface area contributed by atoms with Crippen LogP contribution in [0.25, 0.3) is 0 Å². The molecule has 8 heteroatoms. The van der Waals surface area contributed by atoms with E-state index in [-0.39, 0.29) is 25.4 Å². The molecule has 0 saturated carbocycles. The minimum atomic E-state index is -0.689. The average Bonchev–Trinajstić information content (AvgIpc) is 2.59. The summed E-state index contributed by atoms with van der Waals surface area (Å²) in [6.45, 7) is 5.68. The molecule has 0 aliphatic heterocycles. The number of rotatable bonds is 7. The first-order valence-electron chi connectivity index (χ1n) is 8.12. The van der Waals surface area contributed by atoms with Gasteiger partial charge in [0.2, 0.25) is 11.8 Å². The Balaban J connectivity index is 2.32. The molecule has 0 aliphatic rings. The molecule has 0 heterocycles. The van der Waals surface area contributed by atoms with Gasteiger partial charge in [-0.3, -0.25) is 25.2 Å². The molecule has 0 unspecified atom stereocenters. The second kappa shape index (κ2) is 10.7. The number of amides is 3. The number of esters is 1. The van der Waals surface area contributed by atoms with Gasteiger partial charge in [-0.15, -0.1) is 0 Å². The Kier molecular flexibility index (Phi) is 8.56. The number of hydrazine groups is 1. The van der Waals surface area contributed by atoms with E-state index in [4.69, 9.17) is 0 Å². The fraction of sp³-hybridized carbons (Fsp3) is 0.333. The van der Waals surface area contributed by atoms with Crippen molar-refractivity contribution >= 4 is 29.4 Å². The largest absolute Gasteiger partial charge is 0.463 e. The molecule has 140 valence electrons. The van der Waals surface area contributed by atoms with Crippen molar-refractivity contribution in [1.29, 1.82) is 0 Å². The number of hydrogen-bond donors (Lipinski definition) is 3. The maximum Gasteiger partial charge on any atom is 0.330 e. The van der Waals surface area contributed by atoms with Crippen LogP contribution in [0.3, 0.4) is 0 Å². The summed E-state index contributed by atoms with van der Waals surface area (Å²) in [4.78, 5) is 46.0. The molecule has 26 heavy (non-hydrogen) atoms. The van der Waals surface area contributed by atoms with E-state index in [0.717, 1.165) is 23.3 Å². The fourth-order valence-electron chi connectivity index (χ4n) is 1.96. The molecule has 0 bridgehead atoms. The van der Waals surface area contributed by atoms with Gasteiger partial charge in [-0.25, -0.2) is 4.79 Å². The third kappa shape index (κ3) is 8.09. The summed E-state index contributed by atoms with van der Waals surface area (Å²) in [5.41, 5.74) is 6.98. The topological polar surface area (TPSA) is 114 Å². The summed E-state index contributed by atoms with van der Waals surface area (Å²) in [6, 6.07) is 5.63. The first-order chi connectivity index (χ1) is 12.3. The number of carbonyl (C=O) groups is 4. The van der Waals surface area contributed by atoms with Gasteiger partial charge in [-0.2, -0.15) is 0 Å². The van der Waals surface area contributed by atoms with Crippen molar-refractivity contribution in [3.63, 3.8) is 0 Å². The van der Waals surface area contributed by atoms with Crippen LogP contribution >= 0.6 is 0 Å². The molecule has 0 saturated heterocycles. The van der Waals surface area contributed by atoms with Crippen LogP contribution in [0.4, 0.5) is 5.69 Å². The Bertz CT molecular complexity index is 713. The van der Waals surface area contributed by atoms with E-state index >= 15 is 0 Å². The average molecular weight is 361 g/mol. The molecule has 0 aliphatic carbocycles. The number of hydrogen-bond acceptors (Lipinski definition) is 5. The summed E-state index contributed by atoms with van der Waals surface area (Å²) >= 11 is 0. The molecule has 3 amide bonds. The Morgan fingerprint density at radius 1 is 1.00 bits per heavy atom. The lowest BCUT2D eigenvalue weighted by Crippen LogP contribution is -2.41. The Hall–Kier alpha value is -3.16. The SMILES string of the molecule is CCOC(=O)C=CC(=O)NNC(=O)CCC(=O)Nc1ccc(C)cc1C. The Morgan fingerprint density at radius 3 is 2.35 bits per heavy atom. The Morgan fingerprint density at radius 2 is 1.69 bits per heavy atom. The highest BCUT2D eigenvalue weighted by atomic mass is 16.5. The van der Waals surface area contributed by atoms with Crippen molar-refractivity contribution in [1.82, 2.24) is 10.9 Å². The van der Waals surface area contributed by atoms with Gasteiger partial charge in [-0.1, -0.05) is 17.7 Å². The van der Waals surface area contributed by atoms with Gasteiger partial charge in [-0.05, 0) is 32.4 Å². The predicted molar refractivity (Wildman–Crippen MR) is 95.8 cm³/mol. The summed E-state index contributed by atoms with van der Waals surface area (Å²) in [5, 5.41) is 2.73. The van der Waals surface area contributed by atoms with Crippen molar-refractivity contribution in [2.45, 2.75) is 33.6 Å². The lowest BCUT2D eigenvalue weighted by Gasteiger charge is -2.09. The molecule has 0 atom stereocenters. The molecule has 1 aromatic carbocycles. The van der Waals surface area contributed by atoms with E-state index in [2.05, 4.69) is 20.9 Å². The van der Waals surface area contributed by atoms with Crippen molar-refractivity contribution in [3.8, 4) is 0 Å². The van der Waals surface area contributed by atoms with Crippen LogP contribution < -0.4 is 16.2 Å². The van der Waals surface area contributed by atoms with Crippen LogP contribution in [0.2, 0.25) is 0 Å².